The van der Waals surface area contributed by atoms with Crippen LogP contribution in [0.25, 0.3) is 0 Å². The molecule has 0 spiro atoms. The molecule has 20 heavy (non-hydrogen) atoms. The van der Waals surface area contributed by atoms with E-state index in [0.29, 0.717) is 17.4 Å². The summed E-state index contributed by atoms with van der Waals surface area (Å²) < 4.78 is 6.20. The van der Waals surface area contributed by atoms with Crippen molar-refractivity contribution in [1.29, 1.82) is 0 Å². The van der Waals surface area contributed by atoms with Gasteiger partial charge in [-0.1, -0.05) is 13.8 Å². The lowest BCUT2D eigenvalue weighted by atomic mass is 9.81. The van der Waals surface area contributed by atoms with Crippen molar-refractivity contribution in [3.63, 3.8) is 0 Å². The molecule has 2 unspecified atom stereocenters. The van der Waals surface area contributed by atoms with E-state index in [1.165, 1.54) is 6.42 Å². The van der Waals surface area contributed by atoms with E-state index in [1.54, 1.807) is 12.1 Å². The molecule has 0 radical (unpaired) electrons. The molecule has 110 valence electrons. The third kappa shape index (κ3) is 3.33. The van der Waals surface area contributed by atoms with E-state index >= 15 is 0 Å². The molecule has 0 heterocycles. The van der Waals surface area contributed by atoms with E-state index in [2.05, 4.69) is 13.8 Å². The van der Waals surface area contributed by atoms with Crippen LogP contribution in [0.4, 0.5) is 0 Å². The molecule has 0 bridgehead atoms. The van der Waals surface area contributed by atoms with Crippen LogP contribution in [0.15, 0.2) is 12.1 Å². The van der Waals surface area contributed by atoms with Crippen molar-refractivity contribution in [3.8, 4) is 5.75 Å². The molecule has 1 saturated carbocycles. The quantitative estimate of drug-likeness (QED) is 0.899. The van der Waals surface area contributed by atoms with Gasteiger partial charge in [-0.15, -0.1) is 0 Å². The number of hydrogen-bond acceptors (Lipinski definition) is 2. The smallest absolute Gasteiger partial charge is 0.335 e. The van der Waals surface area contributed by atoms with Gasteiger partial charge in [0.2, 0.25) is 0 Å². The van der Waals surface area contributed by atoms with E-state index in [-0.39, 0.29) is 6.10 Å². The van der Waals surface area contributed by atoms with Crippen molar-refractivity contribution in [1.82, 2.24) is 0 Å². The molecule has 2 atom stereocenters. The highest BCUT2D eigenvalue weighted by molar-refractivity contribution is 5.88. The lowest BCUT2D eigenvalue weighted by Gasteiger charge is -2.32. The van der Waals surface area contributed by atoms with Crippen LogP contribution in [0, 0.1) is 25.7 Å². The van der Waals surface area contributed by atoms with Crippen molar-refractivity contribution in [2.24, 2.45) is 11.8 Å². The third-order valence-corrected chi connectivity index (χ3v) is 4.13. The largest absolute Gasteiger partial charge is 0.490 e. The Morgan fingerprint density at radius 2 is 1.60 bits per heavy atom. The van der Waals surface area contributed by atoms with Crippen LogP contribution in [-0.4, -0.2) is 17.2 Å². The van der Waals surface area contributed by atoms with E-state index in [1.807, 2.05) is 13.8 Å². The van der Waals surface area contributed by atoms with Gasteiger partial charge < -0.3 is 9.84 Å². The standard InChI is InChI=1S/C17H24O3/c1-10-5-11(2)7-15(6-10)20-16-12(3)8-14(17(18)19)9-13(16)4/h8-11,15H,5-7H2,1-4H3,(H,18,19). The summed E-state index contributed by atoms with van der Waals surface area (Å²) in [6.45, 7) is 8.40. The Hall–Kier alpha value is -1.51. The van der Waals surface area contributed by atoms with Crippen LogP contribution in [0.5, 0.6) is 5.75 Å². The number of rotatable bonds is 3. The van der Waals surface area contributed by atoms with Crippen molar-refractivity contribution < 1.29 is 14.6 Å². The molecule has 0 amide bonds. The monoisotopic (exact) mass is 276 g/mol. The maximum absolute atomic E-state index is 11.1. The number of aromatic carboxylic acids is 1. The summed E-state index contributed by atoms with van der Waals surface area (Å²) in [5, 5.41) is 9.07. The normalized spacial score (nSPS) is 26.3. The molecular weight excluding hydrogens is 252 g/mol. The SMILES string of the molecule is Cc1cc(C(=O)O)cc(C)c1OC1CC(C)CC(C)C1. The first-order chi connectivity index (χ1) is 9.36. The van der Waals surface area contributed by atoms with Crippen LogP contribution in [0.2, 0.25) is 0 Å². The van der Waals surface area contributed by atoms with Gasteiger partial charge in [-0.25, -0.2) is 4.79 Å². The molecule has 0 aliphatic heterocycles. The zero-order chi connectivity index (χ0) is 14.9. The van der Waals surface area contributed by atoms with Crippen LogP contribution in [0.1, 0.15) is 54.6 Å². The first-order valence-electron chi connectivity index (χ1n) is 7.38. The summed E-state index contributed by atoms with van der Waals surface area (Å²) in [4.78, 5) is 11.1. The number of carbonyl (C=O) groups is 1. The molecule has 1 aliphatic carbocycles. The minimum atomic E-state index is -0.886. The summed E-state index contributed by atoms with van der Waals surface area (Å²) in [6, 6.07) is 3.39. The first kappa shape index (κ1) is 14.9. The average Bonchev–Trinajstić information content (AvgIpc) is 2.32. The summed E-state index contributed by atoms with van der Waals surface area (Å²) in [5.41, 5.74) is 2.15. The number of hydrogen-bond donors (Lipinski definition) is 1. The fraction of sp³-hybridized carbons (Fsp3) is 0.588. The van der Waals surface area contributed by atoms with E-state index < -0.39 is 5.97 Å². The minimum Gasteiger partial charge on any atom is -0.490 e. The first-order valence-corrected chi connectivity index (χ1v) is 7.38. The molecule has 3 nitrogen and oxygen atoms in total. The summed E-state index contributed by atoms with van der Waals surface area (Å²) in [5.74, 6) is 1.37. The van der Waals surface area contributed by atoms with Crippen molar-refractivity contribution >= 4 is 5.97 Å². The number of aryl methyl sites for hydroxylation is 2. The zero-order valence-electron chi connectivity index (χ0n) is 12.8. The number of ether oxygens (including phenoxy) is 1. The van der Waals surface area contributed by atoms with Crippen LogP contribution < -0.4 is 4.74 Å². The second-order valence-corrected chi connectivity index (χ2v) is 6.40. The van der Waals surface area contributed by atoms with E-state index in [4.69, 9.17) is 9.84 Å². The fourth-order valence-electron chi connectivity index (χ4n) is 3.40. The average molecular weight is 276 g/mol. The van der Waals surface area contributed by atoms with Crippen molar-refractivity contribution in [3.05, 3.63) is 28.8 Å². The molecule has 1 aliphatic rings. The van der Waals surface area contributed by atoms with Crippen LogP contribution in [-0.2, 0) is 0 Å². The predicted molar refractivity (Wildman–Crippen MR) is 79.5 cm³/mol. The maximum atomic E-state index is 11.1. The highest BCUT2D eigenvalue weighted by Crippen LogP contribution is 2.33. The molecule has 0 saturated heterocycles. The molecular formula is C17H24O3. The highest BCUT2D eigenvalue weighted by atomic mass is 16.5. The number of benzene rings is 1. The van der Waals surface area contributed by atoms with E-state index in [9.17, 15) is 4.79 Å². The Balaban J connectivity index is 2.19. The molecule has 3 heteroatoms. The predicted octanol–water partition coefficient (Wildman–Crippen LogP) is 4.21. The molecule has 2 rings (SSSR count). The Morgan fingerprint density at radius 1 is 1.10 bits per heavy atom. The van der Waals surface area contributed by atoms with Gasteiger partial charge in [-0.3, -0.25) is 0 Å². The maximum Gasteiger partial charge on any atom is 0.335 e. The van der Waals surface area contributed by atoms with Gasteiger partial charge in [0.1, 0.15) is 5.75 Å². The Labute approximate surface area is 121 Å². The Kier molecular flexibility index (Phi) is 4.36. The molecule has 1 aromatic rings. The third-order valence-electron chi connectivity index (χ3n) is 4.13. The topological polar surface area (TPSA) is 46.5 Å². The van der Waals surface area contributed by atoms with Gasteiger partial charge in [-0.05, 0) is 68.2 Å². The summed E-state index contributed by atoms with van der Waals surface area (Å²) >= 11 is 0. The number of carboxylic acids is 1. The number of carboxylic acid groups (broad SMARTS) is 1. The Bertz CT molecular complexity index is 474. The molecule has 0 aromatic heterocycles. The summed E-state index contributed by atoms with van der Waals surface area (Å²) in [7, 11) is 0. The second-order valence-electron chi connectivity index (χ2n) is 6.40. The van der Waals surface area contributed by atoms with Gasteiger partial charge in [0.25, 0.3) is 0 Å². The second kappa shape index (κ2) is 5.86. The minimum absolute atomic E-state index is 0.252. The van der Waals surface area contributed by atoms with Gasteiger partial charge in [0.15, 0.2) is 0 Å². The zero-order valence-corrected chi connectivity index (χ0v) is 12.8. The Morgan fingerprint density at radius 3 is 2.05 bits per heavy atom. The fourth-order valence-corrected chi connectivity index (χ4v) is 3.40. The lowest BCUT2D eigenvalue weighted by molar-refractivity contribution is 0.0696. The van der Waals surface area contributed by atoms with Crippen molar-refractivity contribution in [2.75, 3.05) is 0 Å². The summed E-state index contributed by atoms with van der Waals surface area (Å²) in [6.07, 6.45) is 3.70. The van der Waals surface area contributed by atoms with Gasteiger partial charge >= 0.3 is 5.97 Å². The van der Waals surface area contributed by atoms with Crippen LogP contribution >= 0.6 is 0 Å². The van der Waals surface area contributed by atoms with E-state index in [0.717, 1.165) is 29.7 Å². The molecule has 1 fully saturated rings. The van der Waals surface area contributed by atoms with Gasteiger partial charge in [-0.2, -0.15) is 0 Å². The van der Waals surface area contributed by atoms with Gasteiger partial charge in [0, 0.05) is 0 Å². The lowest BCUT2D eigenvalue weighted by Crippen LogP contribution is -2.29. The molecule has 1 N–H and O–H groups in total. The highest BCUT2D eigenvalue weighted by Gasteiger charge is 2.26. The van der Waals surface area contributed by atoms with Crippen molar-refractivity contribution in [2.45, 2.75) is 53.1 Å². The van der Waals surface area contributed by atoms with Crippen LogP contribution in [0.3, 0.4) is 0 Å². The van der Waals surface area contributed by atoms with Gasteiger partial charge in [0.05, 0.1) is 11.7 Å². The molecule has 1 aromatic carbocycles.